The second-order valence-corrected chi connectivity index (χ2v) is 7.82. The molecule has 4 heteroatoms. The second kappa shape index (κ2) is 7.26. The van der Waals surface area contributed by atoms with Gasteiger partial charge in [0.2, 0.25) is 0 Å². The molecule has 27 heavy (non-hydrogen) atoms. The summed E-state index contributed by atoms with van der Waals surface area (Å²) in [6.45, 7) is 9.20. The lowest BCUT2D eigenvalue weighted by Crippen LogP contribution is -2.41. The lowest BCUT2D eigenvalue weighted by Gasteiger charge is -2.39. The van der Waals surface area contributed by atoms with Gasteiger partial charge in [-0.15, -0.1) is 0 Å². The smallest absolute Gasteiger partial charge is 0.188 e. The number of hydrazone groups is 1. The van der Waals surface area contributed by atoms with Crippen molar-refractivity contribution in [3.63, 3.8) is 0 Å². The molecule has 0 saturated heterocycles. The van der Waals surface area contributed by atoms with E-state index in [1.54, 1.807) is 0 Å². The molecule has 2 atom stereocenters. The molecule has 0 saturated carbocycles. The minimum Gasteiger partial charge on any atom is -0.490 e. The van der Waals surface area contributed by atoms with Gasteiger partial charge in [0.05, 0.1) is 18.4 Å². The number of hydrogen-bond donors (Lipinski definition) is 0. The van der Waals surface area contributed by atoms with E-state index in [1.807, 2.05) is 13.0 Å². The topological polar surface area (TPSA) is 34.1 Å². The molecule has 0 aliphatic carbocycles. The van der Waals surface area contributed by atoms with Gasteiger partial charge in [-0.1, -0.05) is 55.8 Å². The Morgan fingerprint density at radius 3 is 2.67 bits per heavy atom. The van der Waals surface area contributed by atoms with Gasteiger partial charge >= 0.3 is 0 Å². The molecular formula is C23H28N2O2. The molecule has 0 fully saturated rings. The monoisotopic (exact) mass is 364 g/mol. The zero-order valence-electron chi connectivity index (χ0n) is 16.6. The van der Waals surface area contributed by atoms with Gasteiger partial charge < -0.3 is 9.47 Å². The molecule has 2 aromatic rings. The Morgan fingerprint density at radius 1 is 1.19 bits per heavy atom. The van der Waals surface area contributed by atoms with E-state index in [1.165, 1.54) is 16.7 Å². The Kier molecular flexibility index (Phi) is 4.81. The molecule has 2 aliphatic heterocycles. The normalized spacial score (nSPS) is 20.8. The van der Waals surface area contributed by atoms with Crippen molar-refractivity contribution >= 4 is 5.71 Å². The van der Waals surface area contributed by atoms with E-state index in [4.69, 9.17) is 14.6 Å². The fourth-order valence-corrected chi connectivity index (χ4v) is 3.91. The zero-order valence-corrected chi connectivity index (χ0v) is 16.6. The Morgan fingerprint density at radius 2 is 1.96 bits per heavy atom. The average molecular weight is 364 g/mol. The van der Waals surface area contributed by atoms with Crippen molar-refractivity contribution in [1.82, 2.24) is 5.01 Å². The fraction of sp³-hybridized carbons (Fsp3) is 0.435. The van der Waals surface area contributed by atoms with Crippen LogP contribution in [0.5, 0.6) is 11.5 Å². The second-order valence-electron chi connectivity index (χ2n) is 7.82. The van der Waals surface area contributed by atoms with Crippen molar-refractivity contribution in [2.75, 3.05) is 6.61 Å². The molecule has 2 aromatic carbocycles. The molecular weight excluding hydrogens is 336 g/mol. The number of para-hydroxylation sites is 1. The van der Waals surface area contributed by atoms with Crippen molar-refractivity contribution in [1.29, 1.82) is 0 Å². The molecule has 142 valence electrons. The first kappa shape index (κ1) is 17.9. The van der Waals surface area contributed by atoms with Crippen LogP contribution < -0.4 is 9.47 Å². The van der Waals surface area contributed by atoms with Crippen LogP contribution in [0.15, 0.2) is 47.6 Å². The predicted molar refractivity (Wildman–Crippen MR) is 108 cm³/mol. The summed E-state index contributed by atoms with van der Waals surface area (Å²) in [6.07, 6.45) is 1.76. The van der Waals surface area contributed by atoms with Gasteiger partial charge in [0.15, 0.2) is 17.7 Å². The highest BCUT2D eigenvalue weighted by Crippen LogP contribution is 2.47. The summed E-state index contributed by atoms with van der Waals surface area (Å²) < 4.78 is 12.3. The van der Waals surface area contributed by atoms with Crippen molar-refractivity contribution < 1.29 is 9.47 Å². The summed E-state index contributed by atoms with van der Waals surface area (Å²) in [5, 5.41) is 7.18. The van der Waals surface area contributed by atoms with Crippen LogP contribution in [0.2, 0.25) is 0 Å². The van der Waals surface area contributed by atoms with E-state index in [0.29, 0.717) is 12.5 Å². The van der Waals surface area contributed by atoms with Crippen molar-refractivity contribution in [3.05, 3.63) is 59.2 Å². The summed E-state index contributed by atoms with van der Waals surface area (Å²) in [5.74, 6) is 2.26. The van der Waals surface area contributed by atoms with Gasteiger partial charge in [0.25, 0.3) is 0 Å². The quantitative estimate of drug-likeness (QED) is 0.721. The maximum atomic E-state index is 6.44. The maximum absolute atomic E-state index is 6.44. The van der Waals surface area contributed by atoms with Gasteiger partial charge in [0.1, 0.15) is 0 Å². The molecule has 0 radical (unpaired) electrons. The van der Waals surface area contributed by atoms with Gasteiger partial charge in [-0.3, -0.25) is 5.01 Å². The Bertz CT molecular complexity index is 842. The minimum absolute atomic E-state index is 0.0629. The summed E-state index contributed by atoms with van der Waals surface area (Å²) in [4.78, 5) is 0. The van der Waals surface area contributed by atoms with Crippen molar-refractivity contribution in [2.45, 2.75) is 52.8 Å². The van der Waals surface area contributed by atoms with Gasteiger partial charge in [-0.2, -0.15) is 5.10 Å². The molecule has 2 heterocycles. The highest BCUT2D eigenvalue weighted by Gasteiger charge is 2.41. The predicted octanol–water partition coefficient (Wildman–Crippen LogP) is 5.31. The van der Waals surface area contributed by atoms with Gasteiger partial charge in [0, 0.05) is 18.4 Å². The number of ether oxygens (including phenoxy) is 2. The van der Waals surface area contributed by atoms with Crippen LogP contribution in [-0.2, 0) is 0 Å². The Hall–Kier alpha value is -2.49. The molecule has 4 rings (SSSR count). The molecule has 0 bridgehead atoms. The van der Waals surface area contributed by atoms with Gasteiger partial charge in [-0.05, 0) is 31.4 Å². The maximum Gasteiger partial charge on any atom is 0.188 e. The molecule has 0 unspecified atom stereocenters. The lowest BCUT2D eigenvalue weighted by molar-refractivity contribution is -0.0310. The third kappa shape index (κ3) is 3.41. The summed E-state index contributed by atoms with van der Waals surface area (Å²) in [7, 11) is 0. The van der Waals surface area contributed by atoms with Crippen LogP contribution >= 0.6 is 0 Å². The fourth-order valence-electron chi connectivity index (χ4n) is 3.91. The molecule has 0 spiro atoms. The van der Waals surface area contributed by atoms with Crippen molar-refractivity contribution in [3.8, 4) is 11.5 Å². The van der Waals surface area contributed by atoms with Gasteiger partial charge in [-0.25, -0.2) is 0 Å². The number of aryl methyl sites for hydroxylation is 1. The van der Waals surface area contributed by atoms with E-state index < -0.39 is 0 Å². The minimum atomic E-state index is -0.0629. The number of nitrogens with zero attached hydrogens (tertiary/aromatic N) is 2. The number of benzene rings is 2. The first-order valence-electron chi connectivity index (χ1n) is 9.92. The lowest BCUT2D eigenvalue weighted by atomic mass is 9.95. The third-order valence-corrected chi connectivity index (χ3v) is 5.22. The van der Waals surface area contributed by atoms with E-state index in [2.05, 4.69) is 62.2 Å². The highest BCUT2D eigenvalue weighted by molar-refractivity contribution is 6.02. The molecule has 0 amide bonds. The summed E-state index contributed by atoms with van der Waals surface area (Å²) in [6, 6.07) is 15.0. The third-order valence-electron chi connectivity index (χ3n) is 5.22. The number of hydrogen-bond acceptors (Lipinski definition) is 4. The Labute approximate surface area is 161 Å². The first-order chi connectivity index (χ1) is 13.1. The van der Waals surface area contributed by atoms with Crippen LogP contribution in [0, 0.1) is 12.8 Å². The van der Waals surface area contributed by atoms with E-state index >= 15 is 0 Å². The largest absolute Gasteiger partial charge is 0.490 e. The summed E-state index contributed by atoms with van der Waals surface area (Å²) in [5.41, 5.74) is 4.77. The summed E-state index contributed by atoms with van der Waals surface area (Å²) >= 11 is 0. The van der Waals surface area contributed by atoms with Crippen LogP contribution in [0.3, 0.4) is 0 Å². The van der Waals surface area contributed by atoms with Crippen molar-refractivity contribution in [2.24, 2.45) is 11.0 Å². The molecule has 2 aliphatic rings. The van der Waals surface area contributed by atoms with Crippen LogP contribution in [-0.4, -0.2) is 23.6 Å². The van der Waals surface area contributed by atoms with E-state index in [0.717, 1.165) is 30.1 Å². The average Bonchev–Trinajstić information content (AvgIpc) is 3.09. The molecule has 4 nitrogen and oxygen atoms in total. The standard InChI is InChI=1S/C23H28N2O2/c1-5-26-21-8-6-7-18-20-14-19(17-11-9-16(4)10-12-17)24-25(20)22(13-15(2)3)27-23(18)21/h6-12,15,20,22H,5,13-14H2,1-4H3/t20-,22+/m1/s1. The van der Waals surface area contributed by atoms with Crippen LogP contribution in [0.1, 0.15) is 56.3 Å². The molecule has 0 N–H and O–H groups in total. The van der Waals surface area contributed by atoms with E-state index in [-0.39, 0.29) is 12.3 Å². The SMILES string of the molecule is CCOc1cccc2c1O[C@@H](CC(C)C)N1N=C(c3ccc(C)cc3)C[C@H]21. The van der Waals surface area contributed by atoms with Crippen LogP contribution in [0.25, 0.3) is 0 Å². The number of rotatable bonds is 5. The molecule has 0 aromatic heterocycles. The number of fused-ring (bicyclic) bond motifs is 3. The van der Waals surface area contributed by atoms with Crippen LogP contribution in [0.4, 0.5) is 0 Å². The van der Waals surface area contributed by atoms with E-state index in [9.17, 15) is 0 Å². The highest BCUT2D eigenvalue weighted by atomic mass is 16.5. The Balaban J connectivity index is 1.72. The first-order valence-corrected chi connectivity index (χ1v) is 9.92. The zero-order chi connectivity index (χ0) is 19.0.